The van der Waals surface area contributed by atoms with Gasteiger partial charge >= 0.3 is 0 Å². The second kappa shape index (κ2) is 7.12. The lowest BCUT2D eigenvalue weighted by atomic mass is 10.1. The SMILES string of the molecule is CCC1(C)SC(=NC)NC1=O.CN=C1NC(=O)C(C)S1. The molecule has 0 radical (unpaired) electrons. The maximum Gasteiger partial charge on any atom is 0.242 e. The molecule has 2 atom stereocenters. The lowest BCUT2D eigenvalue weighted by Gasteiger charge is -2.14. The first-order chi connectivity index (χ1) is 9.36. The van der Waals surface area contributed by atoms with Crippen molar-refractivity contribution in [3.05, 3.63) is 0 Å². The van der Waals surface area contributed by atoms with Crippen LogP contribution in [0.4, 0.5) is 0 Å². The van der Waals surface area contributed by atoms with Gasteiger partial charge in [0, 0.05) is 14.1 Å². The molecule has 6 nitrogen and oxygen atoms in total. The summed E-state index contributed by atoms with van der Waals surface area (Å²) in [7, 11) is 3.35. The first kappa shape index (κ1) is 17.0. The lowest BCUT2D eigenvalue weighted by Crippen LogP contribution is -2.32. The smallest absolute Gasteiger partial charge is 0.242 e. The Morgan fingerprint density at radius 1 is 1.20 bits per heavy atom. The quantitative estimate of drug-likeness (QED) is 0.762. The van der Waals surface area contributed by atoms with Crippen molar-refractivity contribution >= 4 is 45.7 Å². The van der Waals surface area contributed by atoms with E-state index in [0.717, 1.165) is 16.8 Å². The molecule has 0 aliphatic carbocycles. The highest BCUT2D eigenvalue weighted by atomic mass is 32.2. The molecule has 2 amide bonds. The molecular weight excluding hydrogens is 296 g/mol. The van der Waals surface area contributed by atoms with Crippen molar-refractivity contribution in [3.63, 3.8) is 0 Å². The van der Waals surface area contributed by atoms with Gasteiger partial charge in [-0.2, -0.15) is 0 Å². The van der Waals surface area contributed by atoms with Gasteiger partial charge in [-0.25, -0.2) is 0 Å². The fraction of sp³-hybridized carbons (Fsp3) is 0.667. The normalized spacial score (nSPS) is 33.0. The molecule has 2 N–H and O–H groups in total. The third kappa shape index (κ3) is 3.99. The zero-order valence-electron chi connectivity index (χ0n) is 12.3. The zero-order valence-corrected chi connectivity index (χ0v) is 13.9. The van der Waals surface area contributed by atoms with Crippen LogP contribution in [-0.2, 0) is 9.59 Å². The standard InChI is InChI=1S/C7H12N2OS.C5H8N2OS/c1-4-7(2)5(10)9-6(8-3)11-7;1-3-4(8)7-5(6-2)9-3/h4H2,1-3H3,(H,8,9,10);3H,1-2H3,(H,6,7,8). The Bertz CT molecular complexity index is 464. The highest BCUT2D eigenvalue weighted by molar-refractivity contribution is 8.16. The number of nitrogens with zero attached hydrogens (tertiary/aromatic N) is 2. The number of thioether (sulfide) groups is 2. The molecule has 2 rings (SSSR count). The van der Waals surface area contributed by atoms with Crippen LogP contribution in [0.5, 0.6) is 0 Å². The average molecular weight is 316 g/mol. The summed E-state index contributed by atoms with van der Waals surface area (Å²) in [6.07, 6.45) is 0.836. The van der Waals surface area contributed by atoms with Crippen LogP contribution in [0, 0.1) is 0 Å². The molecule has 0 aromatic heterocycles. The van der Waals surface area contributed by atoms with Gasteiger partial charge in [0.25, 0.3) is 0 Å². The van der Waals surface area contributed by atoms with Crippen LogP contribution in [0.3, 0.4) is 0 Å². The molecule has 2 fully saturated rings. The lowest BCUT2D eigenvalue weighted by molar-refractivity contribution is -0.121. The number of carbonyl (C=O) groups excluding carboxylic acids is 2. The summed E-state index contributed by atoms with van der Waals surface area (Å²) in [4.78, 5) is 29.8. The van der Waals surface area contributed by atoms with Gasteiger partial charge in [0.15, 0.2) is 10.3 Å². The minimum atomic E-state index is -0.297. The van der Waals surface area contributed by atoms with Crippen LogP contribution in [0.1, 0.15) is 27.2 Å². The van der Waals surface area contributed by atoms with Crippen LogP contribution in [0.2, 0.25) is 0 Å². The summed E-state index contributed by atoms with van der Waals surface area (Å²) in [6.45, 7) is 5.80. The number of nitrogens with one attached hydrogen (secondary N) is 2. The largest absolute Gasteiger partial charge is 0.304 e. The first-order valence-corrected chi connectivity index (χ1v) is 7.97. The predicted molar refractivity (Wildman–Crippen MR) is 86.3 cm³/mol. The third-order valence-electron chi connectivity index (χ3n) is 2.99. The fourth-order valence-electron chi connectivity index (χ4n) is 1.41. The van der Waals surface area contributed by atoms with Crippen molar-refractivity contribution in [3.8, 4) is 0 Å². The maximum atomic E-state index is 11.3. The number of rotatable bonds is 1. The molecule has 112 valence electrons. The molecule has 2 aliphatic rings. The van der Waals surface area contributed by atoms with Crippen LogP contribution in [0.15, 0.2) is 9.98 Å². The van der Waals surface area contributed by atoms with E-state index in [9.17, 15) is 9.59 Å². The topological polar surface area (TPSA) is 82.9 Å². The van der Waals surface area contributed by atoms with E-state index in [0.29, 0.717) is 0 Å². The summed E-state index contributed by atoms with van der Waals surface area (Å²) in [5.41, 5.74) is 0. The second-order valence-corrected chi connectivity index (χ2v) is 7.27. The van der Waals surface area contributed by atoms with Crippen LogP contribution < -0.4 is 10.6 Å². The molecule has 2 aliphatic heterocycles. The Labute approximate surface area is 127 Å². The Hall–Kier alpha value is -1.02. The molecule has 0 aromatic carbocycles. The number of hydrogen-bond donors (Lipinski definition) is 2. The van der Waals surface area contributed by atoms with E-state index in [-0.39, 0.29) is 21.8 Å². The zero-order chi connectivity index (χ0) is 15.3. The van der Waals surface area contributed by atoms with E-state index < -0.39 is 0 Å². The monoisotopic (exact) mass is 316 g/mol. The highest BCUT2D eigenvalue weighted by Crippen LogP contribution is 2.33. The van der Waals surface area contributed by atoms with E-state index in [4.69, 9.17) is 0 Å². The number of carbonyl (C=O) groups is 2. The van der Waals surface area contributed by atoms with Crippen LogP contribution >= 0.6 is 23.5 Å². The van der Waals surface area contributed by atoms with Gasteiger partial charge < -0.3 is 10.6 Å². The van der Waals surface area contributed by atoms with E-state index in [1.54, 1.807) is 14.1 Å². The highest BCUT2D eigenvalue weighted by Gasteiger charge is 2.40. The summed E-state index contributed by atoms with van der Waals surface area (Å²) >= 11 is 2.97. The van der Waals surface area contributed by atoms with Gasteiger partial charge in [-0.3, -0.25) is 19.6 Å². The van der Waals surface area contributed by atoms with Crippen LogP contribution in [0.25, 0.3) is 0 Å². The van der Waals surface area contributed by atoms with Crippen molar-refractivity contribution in [2.24, 2.45) is 9.98 Å². The Kier molecular flexibility index (Phi) is 6.07. The molecule has 0 bridgehead atoms. The van der Waals surface area contributed by atoms with Gasteiger partial charge in [-0.15, -0.1) is 0 Å². The molecule has 20 heavy (non-hydrogen) atoms. The average Bonchev–Trinajstić information content (AvgIpc) is 2.92. The summed E-state index contributed by atoms with van der Waals surface area (Å²) in [5, 5.41) is 6.84. The van der Waals surface area contributed by atoms with Crippen molar-refractivity contribution in [2.75, 3.05) is 14.1 Å². The molecule has 2 saturated heterocycles. The first-order valence-electron chi connectivity index (χ1n) is 6.27. The second-order valence-electron chi connectivity index (χ2n) is 4.45. The Morgan fingerprint density at radius 3 is 2.05 bits per heavy atom. The van der Waals surface area contributed by atoms with Crippen molar-refractivity contribution in [2.45, 2.75) is 37.2 Å². The van der Waals surface area contributed by atoms with E-state index in [1.807, 2.05) is 20.8 Å². The molecule has 0 saturated carbocycles. The molecule has 0 spiro atoms. The third-order valence-corrected chi connectivity index (χ3v) is 5.47. The summed E-state index contributed by atoms with van der Waals surface area (Å²) < 4.78 is -0.297. The van der Waals surface area contributed by atoms with E-state index in [1.165, 1.54) is 23.5 Å². The van der Waals surface area contributed by atoms with Gasteiger partial charge in [-0.05, 0) is 20.3 Å². The predicted octanol–water partition coefficient (Wildman–Crippen LogP) is 1.23. The Morgan fingerprint density at radius 2 is 1.80 bits per heavy atom. The Balaban J connectivity index is 0.000000204. The minimum absolute atomic E-state index is 0.0312. The summed E-state index contributed by atoms with van der Waals surface area (Å²) in [5.74, 6) is 0.131. The maximum absolute atomic E-state index is 11.3. The van der Waals surface area contributed by atoms with Gasteiger partial charge in [-0.1, -0.05) is 30.4 Å². The number of amidine groups is 2. The van der Waals surface area contributed by atoms with E-state index >= 15 is 0 Å². The van der Waals surface area contributed by atoms with Crippen molar-refractivity contribution in [1.29, 1.82) is 0 Å². The summed E-state index contributed by atoms with van der Waals surface area (Å²) in [6, 6.07) is 0. The van der Waals surface area contributed by atoms with Crippen LogP contribution in [-0.4, -0.2) is 46.2 Å². The molecule has 0 aromatic rings. The van der Waals surface area contributed by atoms with Gasteiger partial charge in [0.1, 0.15) is 0 Å². The number of amides is 2. The minimum Gasteiger partial charge on any atom is -0.304 e. The van der Waals surface area contributed by atoms with Crippen molar-refractivity contribution < 1.29 is 9.59 Å². The van der Waals surface area contributed by atoms with Gasteiger partial charge in [0.05, 0.1) is 10.00 Å². The fourth-order valence-corrected chi connectivity index (χ4v) is 3.13. The number of aliphatic imine (C=N–C) groups is 2. The molecule has 8 heteroatoms. The van der Waals surface area contributed by atoms with E-state index in [2.05, 4.69) is 20.6 Å². The van der Waals surface area contributed by atoms with Crippen molar-refractivity contribution in [1.82, 2.24) is 10.6 Å². The molecular formula is C12H20N4O2S2. The molecule has 2 unspecified atom stereocenters. The number of hydrogen-bond acceptors (Lipinski definition) is 6. The van der Waals surface area contributed by atoms with Gasteiger partial charge in [0.2, 0.25) is 11.8 Å². The molecule has 2 heterocycles.